The first-order valence-corrected chi connectivity index (χ1v) is 10.0. The fourth-order valence-corrected chi connectivity index (χ4v) is 3.10. The van der Waals surface area contributed by atoms with Gasteiger partial charge in [0.25, 0.3) is 0 Å². The van der Waals surface area contributed by atoms with E-state index in [4.69, 9.17) is 9.47 Å². The number of hydrogen-bond donors (Lipinski definition) is 1. The van der Waals surface area contributed by atoms with Gasteiger partial charge in [-0.1, -0.05) is 57.2 Å². The van der Waals surface area contributed by atoms with E-state index in [1.165, 1.54) is 11.1 Å². The van der Waals surface area contributed by atoms with Crippen molar-refractivity contribution in [3.63, 3.8) is 0 Å². The van der Waals surface area contributed by atoms with Gasteiger partial charge in [-0.15, -0.1) is 0 Å². The largest absolute Gasteiger partial charge is 0.490 e. The van der Waals surface area contributed by atoms with Crippen molar-refractivity contribution in [1.29, 1.82) is 0 Å². The Bertz CT molecular complexity index is 900. The fourth-order valence-electron chi connectivity index (χ4n) is 3.10. The van der Waals surface area contributed by atoms with Crippen LogP contribution >= 0.6 is 0 Å². The average molecular weight is 391 g/mol. The second-order valence-electron chi connectivity index (χ2n) is 8.11. The van der Waals surface area contributed by atoms with E-state index in [2.05, 4.69) is 68.3 Å². The standard InChI is InChI=1S/C25H30N2O2/c1-19-8-7-9-22(25(2,3)4)24(19)29-17-16-28-21-13-11-20(12-14-21)18-27-23-10-5-6-15-26-23/h5-15H,16-18H2,1-4H3,(H,26,27). The Morgan fingerprint density at radius 2 is 1.62 bits per heavy atom. The van der Waals surface area contributed by atoms with Crippen molar-refractivity contribution >= 4 is 5.82 Å². The molecule has 3 rings (SSSR count). The SMILES string of the molecule is Cc1cccc(C(C)(C)C)c1OCCOc1ccc(CNc2ccccn2)cc1. The van der Waals surface area contributed by atoms with Gasteiger partial charge in [0.1, 0.15) is 30.5 Å². The third-order valence-corrected chi connectivity index (χ3v) is 4.68. The van der Waals surface area contributed by atoms with Crippen molar-refractivity contribution in [2.75, 3.05) is 18.5 Å². The first kappa shape index (κ1) is 20.7. The second kappa shape index (κ2) is 9.46. The molecular formula is C25H30N2O2. The van der Waals surface area contributed by atoms with Crippen molar-refractivity contribution in [3.8, 4) is 11.5 Å². The Labute approximate surface area is 173 Å². The molecule has 1 N–H and O–H groups in total. The van der Waals surface area contributed by atoms with Crippen molar-refractivity contribution in [3.05, 3.63) is 83.6 Å². The molecule has 1 heterocycles. The molecule has 0 radical (unpaired) electrons. The molecule has 0 amide bonds. The highest BCUT2D eigenvalue weighted by Crippen LogP contribution is 2.33. The molecule has 0 aliphatic heterocycles. The van der Waals surface area contributed by atoms with Gasteiger partial charge in [0, 0.05) is 12.7 Å². The van der Waals surface area contributed by atoms with Crippen LogP contribution in [0, 0.1) is 6.92 Å². The molecule has 1 aromatic heterocycles. The van der Waals surface area contributed by atoms with E-state index in [1.807, 2.05) is 30.3 Å². The second-order valence-corrected chi connectivity index (χ2v) is 8.11. The predicted octanol–water partition coefficient (Wildman–Crippen LogP) is 5.76. The fraction of sp³-hybridized carbons (Fsp3) is 0.320. The maximum Gasteiger partial charge on any atom is 0.126 e. The van der Waals surface area contributed by atoms with E-state index in [0.717, 1.165) is 29.4 Å². The molecule has 0 unspecified atom stereocenters. The van der Waals surface area contributed by atoms with Crippen LogP contribution < -0.4 is 14.8 Å². The summed E-state index contributed by atoms with van der Waals surface area (Å²) in [5, 5.41) is 3.30. The van der Waals surface area contributed by atoms with Gasteiger partial charge in [0.15, 0.2) is 0 Å². The van der Waals surface area contributed by atoms with Crippen LogP contribution in [-0.4, -0.2) is 18.2 Å². The minimum Gasteiger partial charge on any atom is -0.490 e. The van der Waals surface area contributed by atoms with Crippen LogP contribution in [0.3, 0.4) is 0 Å². The summed E-state index contributed by atoms with van der Waals surface area (Å²) in [5.41, 5.74) is 3.60. The van der Waals surface area contributed by atoms with E-state index < -0.39 is 0 Å². The number of nitrogens with one attached hydrogen (secondary N) is 1. The number of hydrogen-bond acceptors (Lipinski definition) is 4. The van der Waals surface area contributed by atoms with E-state index in [1.54, 1.807) is 6.20 Å². The Morgan fingerprint density at radius 1 is 0.862 bits per heavy atom. The van der Waals surface area contributed by atoms with Gasteiger partial charge in [-0.2, -0.15) is 0 Å². The molecule has 152 valence electrons. The van der Waals surface area contributed by atoms with Gasteiger partial charge in [-0.3, -0.25) is 0 Å². The maximum atomic E-state index is 6.09. The molecule has 4 nitrogen and oxygen atoms in total. The number of anilines is 1. The topological polar surface area (TPSA) is 43.4 Å². The molecule has 0 saturated heterocycles. The first-order chi connectivity index (χ1) is 13.9. The number of pyridine rings is 1. The summed E-state index contributed by atoms with van der Waals surface area (Å²) >= 11 is 0. The molecule has 29 heavy (non-hydrogen) atoms. The van der Waals surface area contributed by atoms with Crippen LogP contribution in [-0.2, 0) is 12.0 Å². The highest BCUT2D eigenvalue weighted by atomic mass is 16.5. The zero-order chi connectivity index (χ0) is 20.7. The molecule has 4 heteroatoms. The van der Waals surface area contributed by atoms with Crippen LogP contribution in [0.4, 0.5) is 5.82 Å². The molecule has 0 saturated carbocycles. The van der Waals surface area contributed by atoms with Crippen molar-refractivity contribution in [2.24, 2.45) is 0 Å². The molecule has 0 aliphatic carbocycles. The van der Waals surface area contributed by atoms with Gasteiger partial charge in [-0.05, 0) is 53.3 Å². The average Bonchev–Trinajstić information content (AvgIpc) is 2.71. The maximum absolute atomic E-state index is 6.09. The molecule has 2 aromatic carbocycles. The highest BCUT2D eigenvalue weighted by Gasteiger charge is 2.20. The van der Waals surface area contributed by atoms with Crippen LogP contribution in [0.5, 0.6) is 11.5 Å². The van der Waals surface area contributed by atoms with Gasteiger partial charge in [-0.25, -0.2) is 4.98 Å². The molecule has 0 spiro atoms. The zero-order valence-electron chi connectivity index (χ0n) is 17.7. The smallest absolute Gasteiger partial charge is 0.126 e. The van der Waals surface area contributed by atoms with E-state index in [9.17, 15) is 0 Å². The van der Waals surface area contributed by atoms with Crippen LogP contribution in [0.15, 0.2) is 66.9 Å². The van der Waals surface area contributed by atoms with Gasteiger partial charge >= 0.3 is 0 Å². The minimum atomic E-state index is 0.0430. The van der Waals surface area contributed by atoms with Gasteiger partial charge in [0.05, 0.1) is 0 Å². The summed E-state index contributed by atoms with van der Waals surface area (Å²) in [6.45, 7) is 10.4. The van der Waals surface area contributed by atoms with Crippen LogP contribution in [0.1, 0.15) is 37.5 Å². The number of ether oxygens (including phenoxy) is 2. The number of aromatic nitrogens is 1. The predicted molar refractivity (Wildman–Crippen MR) is 119 cm³/mol. The molecule has 0 aliphatic rings. The lowest BCUT2D eigenvalue weighted by molar-refractivity contribution is 0.213. The van der Waals surface area contributed by atoms with Crippen LogP contribution in [0.2, 0.25) is 0 Å². The molecule has 0 atom stereocenters. The summed E-state index contributed by atoms with van der Waals surface area (Å²) < 4.78 is 11.9. The number of para-hydroxylation sites is 1. The lowest BCUT2D eigenvalue weighted by Crippen LogP contribution is -2.16. The lowest BCUT2D eigenvalue weighted by atomic mass is 9.85. The van der Waals surface area contributed by atoms with Crippen molar-refractivity contribution in [1.82, 2.24) is 4.98 Å². The third-order valence-electron chi connectivity index (χ3n) is 4.68. The normalized spacial score (nSPS) is 11.2. The van der Waals surface area contributed by atoms with Gasteiger partial charge in [0.2, 0.25) is 0 Å². The van der Waals surface area contributed by atoms with Crippen molar-refractivity contribution < 1.29 is 9.47 Å². The first-order valence-electron chi connectivity index (χ1n) is 10.0. The Kier molecular flexibility index (Phi) is 6.76. The van der Waals surface area contributed by atoms with E-state index in [-0.39, 0.29) is 5.41 Å². The molecular weight excluding hydrogens is 360 g/mol. The summed E-state index contributed by atoms with van der Waals surface area (Å²) in [5.74, 6) is 2.69. The lowest BCUT2D eigenvalue weighted by Gasteiger charge is -2.24. The van der Waals surface area contributed by atoms with Gasteiger partial charge < -0.3 is 14.8 Å². The van der Waals surface area contributed by atoms with E-state index >= 15 is 0 Å². The Morgan fingerprint density at radius 3 is 2.31 bits per heavy atom. The summed E-state index contributed by atoms with van der Waals surface area (Å²) in [4.78, 5) is 4.26. The Hall–Kier alpha value is -3.01. The minimum absolute atomic E-state index is 0.0430. The summed E-state index contributed by atoms with van der Waals surface area (Å²) in [6.07, 6.45) is 1.78. The number of rotatable bonds is 8. The third kappa shape index (κ3) is 5.98. The van der Waals surface area contributed by atoms with E-state index in [0.29, 0.717) is 13.2 Å². The molecule has 3 aromatic rings. The Balaban J connectivity index is 1.48. The highest BCUT2D eigenvalue weighted by molar-refractivity contribution is 5.44. The monoisotopic (exact) mass is 390 g/mol. The van der Waals surface area contributed by atoms with Crippen molar-refractivity contribution in [2.45, 2.75) is 39.7 Å². The number of aryl methyl sites for hydroxylation is 1. The number of benzene rings is 2. The molecule has 0 bridgehead atoms. The molecule has 0 fully saturated rings. The quantitative estimate of drug-likeness (QED) is 0.497. The van der Waals surface area contributed by atoms with Crippen LogP contribution in [0.25, 0.3) is 0 Å². The summed E-state index contributed by atoms with van der Waals surface area (Å²) in [7, 11) is 0. The number of nitrogens with zero attached hydrogens (tertiary/aromatic N) is 1. The summed E-state index contributed by atoms with van der Waals surface area (Å²) in [6, 6.07) is 20.2. The zero-order valence-corrected chi connectivity index (χ0v) is 17.7.